The smallest absolute Gasteiger partial charge is 0.333 e. The third-order valence-corrected chi connectivity index (χ3v) is 2.46. The van der Waals surface area contributed by atoms with Gasteiger partial charge in [0.1, 0.15) is 11.8 Å². The second-order valence-corrected chi connectivity index (χ2v) is 3.51. The zero-order valence-electron chi connectivity index (χ0n) is 9.47. The van der Waals surface area contributed by atoms with Crippen LogP contribution in [0.4, 0.5) is 8.78 Å². The van der Waals surface area contributed by atoms with Crippen molar-refractivity contribution in [3.05, 3.63) is 36.2 Å². The van der Waals surface area contributed by atoms with E-state index in [1.165, 1.54) is 19.5 Å². The molecule has 1 heterocycles. The first-order chi connectivity index (χ1) is 8.65. The van der Waals surface area contributed by atoms with Crippen LogP contribution in [0.15, 0.2) is 30.6 Å². The molecule has 0 amide bonds. The molecule has 0 aliphatic rings. The molecule has 4 nitrogen and oxygen atoms in total. The van der Waals surface area contributed by atoms with Crippen molar-refractivity contribution in [2.45, 2.75) is 6.55 Å². The molecule has 0 saturated heterocycles. The number of rotatable bonds is 3. The fourth-order valence-electron chi connectivity index (χ4n) is 1.56. The summed E-state index contributed by atoms with van der Waals surface area (Å²) < 4.78 is 30.4. The molecular formula is C12H9F2N3O. The Bertz CT molecular complexity index is 602. The Morgan fingerprint density at radius 2 is 2.17 bits per heavy atom. The molecule has 18 heavy (non-hydrogen) atoms. The van der Waals surface area contributed by atoms with Crippen molar-refractivity contribution in [2.24, 2.45) is 0 Å². The standard InChI is InChI=1S/C12H9F2N3O/c1-18-11-4-8(2-3-9(11)5-15)10-6-16-17(7-10)12(13)14/h2-4,6-7,12H,1H3. The van der Waals surface area contributed by atoms with Crippen molar-refractivity contribution in [3.63, 3.8) is 0 Å². The van der Waals surface area contributed by atoms with Crippen molar-refractivity contribution < 1.29 is 13.5 Å². The second-order valence-electron chi connectivity index (χ2n) is 3.51. The minimum atomic E-state index is -2.67. The highest BCUT2D eigenvalue weighted by Crippen LogP contribution is 2.27. The molecule has 2 aromatic rings. The molecular weight excluding hydrogens is 240 g/mol. The summed E-state index contributed by atoms with van der Waals surface area (Å²) in [6, 6.07) is 6.84. The Labute approximate surface area is 102 Å². The number of hydrogen-bond donors (Lipinski definition) is 0. The third-order valence-electron chi connectivity index (χ3n) is 2.46. The number of ether oxygens (including phenoxy) is 1. The minimum Gasteiger partial charge on any atom is -0.495 e. The lowest BCUT2D eigenvalue weighted by Crippen LogP contribution is -1.96. The predicted molar refractivity (Wildman–Crippen MR) is 60.2 cm³/mol. The van der Waals surface area contributed by atoms with E-state index in [1.807, 2.05) is 6.07 Å². The highest BCUT2D eigenvalue weighted by molar-refractivity contribution is 5.66. The van der Waals surface area contributed by atoms with E-state index in [4.69, 9.17) is 10.00 Å². The van der Waals surface area contributed by atoms with E-state index in [-0.39, 0.29) is 0 Å². The summed E-state index contributed by atoms with van der Waals surface area (Å²) in [6.07, 6.45) is 2.58. The topological polar surface area (TPSA) is 50.8 Å². The monoisotopic (exact) mass is 249 g/mol. The summed E-state index contributed by atoms with van der Waals surface area (Å²) in [5.74, 6) is 0.403. The SMILES string of the molecule is COc1cc(-c2cnn(C(F)F)c2)ccc1C#N. The number of nitriles is 1. The molecule has 1 aromatic carbocycles. The summed E-state index contributed by atoms with van der Waals surface area (Å²) >= 11 is 0. The van der Waals surface area contributed by atoms with Gasteiger partial charge in [-0.05, 0) is 17.7 Å². The van der Waals surface area contributed by atoms with Gasteiger partial charge in [0.2, 0.25) is 0 Å². The fourth-order valence-corrected chi connectivity index (χ4v) is 1.56. The fraction of sp³-hybridized carbons (Fsp3) is 0.167. The van der Waals surface area contributed by atoms with E-state index in [9.17, 15) is 8.78 Å². The Morgan fingerprint density at radius 3 is 2.72 bits per heavy atom. The highest BCUT2D eigenvalue weighted by Gasteiger charge is 2.10. The van der Waals surface area contributed by atoms with Gasteiger partial charge in [0.15, 0.2) is 0 Å². The third kappa shape index (κ3) is 2.15. The first-order valence-corrected chi connectivity index (χ1v) is 5.06. The van der Waals surface area contributed by atoms with E-state index in [2.05, 4.69) is 5.10 Å². The molecule has 0 N–H and O–H groups in total. The van der Waals surface area contributed by atoms with Crippen molar-refractivity contribution >= 4 is 0 Å². The summed E-state index contributed by atoms with van der Waals surface area (Å²) in [4.78, 5) is 0. The first-order valence-electron chi connectivity index (χ1n) is 5.06. The van der Waals surface area contributed by atoms with Crippen LogP contribution in [-0.2, 0) is 0 Å². The van der Waals surface area contributed by atoms with Gasteiger partial charge in [-0.1, -0.05) is 6.07 Å². The molecule has 0 bridgehead atoms. The van der Waals surface area contributed by atoms with Crippen LogP contribution in [-0.4, -0.2) is 16.9 Å². The van der Waals surface area contributed by atoms with Crippen molar-refractivity contribution in [3.8, 4) is 22.9 Å². The van der Waals surface area contributed by atoms with Crippen LogP contribution in [0.3, 0.4) is 0 Å². The number of halogens is 2. The Kier molecular flexibility index (Phi) is 3.24. The zero-order chi connectivity index (χ0) is 13.1. The Balaban J connectivity index is 2.42. The maximum Gasteiger partial charge on any atom is 0.333 e. The zero-order valence-corrected chi connectivity index (χ0v) is 9.47. The molecule has 0 radical (unpaired) electrons. The van der Waals surface area contributed by atoms with Gasteiger partial charge in [-0.3, -0.25) is 0 Å². The molecule has 0 aliphatic heterocycles. The van der Waals surface area contributed by atoms with Gasteiger partial charge in [0, 0.05) is 11.8 Å². The molecule has 1 aromatic heterocycles. The number of alkyl halides is 2. The van der Waals surface area contributed by atoms with Gasteiger partial charge >= 0.3 is 6.55 Å². The molecule has 6 heteroatoms. The average molecular weight is 249 g/mol. The van der Waals surface area contributed by atoms with Crippen LogP contribution in [0.1, 0.15) is 12.1 Å². The lowest BCUT2D eigenvalue weighted by Gasteiger charge is -2.04. The van der Waals surface area contributed by atoms with Gasteiger partial charge in [0.05, 0.1) is 18.9 Å². The van der Waals surface area contributed by atoms with Gasteiger partial charge in [-0.25, -0.2) is 4.68 Å². The van der Waals surface area contributed by atoms with Crippen LogP contribution in [0.2, 0.25) is 0 Å². The number of methoxy groups -OCH3 is 1. The minimum absolute atomic E-state index is 0.391. The molecule has 0 unspecified atom stereocenters. The molecule has 92 valence electrons. The highest BCUT2D eigenvalue weighted by atomic mass is 19.3. The van der Waals surface area contributed by atoms with Crippen LogP contribution >= 0.6 is 0 Å². The van der Waals surface area contributed by atoms with E-state index >= 15 is 0 Å². The Morgan fingerprint density at radius 1 is 1.39 bits per heavy atom. The van der Waals surface area contributed by atoms with Crippen molar-refractivity contribution in [1.82, 2.24) is 9.78 Å². The largest absolute Gasteiger partial charge is 0.495 e. The van der Waals surface area contributed by atoms with E-state index < -0.39 is 6.55 Å². The van der Waals surface area contributed by atoms with Gasteiger partial charge in [-0.2, -0.15) is 19.1 Å². The van der Waals surface area contributed by atoms with Crippen molar-refractivity contribution in [1.29, 1.82) is 5.26 Å². The maximum atomic E-state index is 12.4. The molecule has 0 atom stereocenters. The molecule has 0 aliphatic carbocycles. The van der Waals surface area contributed by atoms with Crippen LogP contribution < -0.4 is 4.74 Å². The van der Waals surface area contributed by atoms with E-state index in [1.54, 1.807) is 18.2 Å². The summed E-state index contributed by atoms with van der Waals surface area (Å²) in [5, 5.41) is 12.4. The molecule has 0 fully saturated rings. The lowest BCUT2D eigenvalue weighted by atomic mass is 10.1. The maximum absolute atomic E-state index is 12.4. The number of nitrogens with zero attached hydrogens (tertiary/aromatic N) is 3. The summed E-state index contributed by atoms with van der Waals surface area (Å²) in [5.41, 5.74) is 1.60. The molecule has 0 saturated carbocycles. The summed E-state index contributed by atoms with van der Waals surface area (Å²) in [7, 11) is 1.45. The normalized spacial score (nSPS) is 10.4. The molecule has 2 rings (SSSR count). The summed E-state index contributed by atoms with van der Waals surface area (Å²) in [6.45, 7) is -2.67. The average Bonchev–Trinajstić information content (AvgIpc) is 2.87. The number of hydrogen-bond acceptors (Lipinski definition) is 3. The van der Waals surface area contributed by atoms with Crippen LogP contribution in [0.25, 0.3) is 11.1 Å². The Hall–Kier alpha value is -2.42. The van der Waals surface area contributed by atoms with Crippen molar-refractivity contribution in [2.75, 3.05) is 7.11 Å². The van der Waals surface area contributed by atoms with Crippen LogP contribution in [0, 0.1) is 11.3 Å². The van der Waals surface area contributed by atoms with Gasteiger partial charge in [-0.15, -0.1) is 0 Å². The second kappa shape index (κ2) is 4.84. The quantitative estimate of drug-likeness (QED) is 0.840. The van der Waals surface area contributed by atoms with Gasteiger partial charge < -0.3 is 4.74 Å². The van der Waals surface area contributed by atoms with E-state index in [0.717, 1.165) is 0 Å². The number of benzene rings is 1. The van der Waals surface area contributed by atoms with Gasteiger partial charge in [0.25, 0.3) is 0 Å². The van der Waals surface area contributed by atoms with Crippen LogP contribution in [0.5, 0.6) is 5.75 Å². The van der Waals surface area contributed by atoms with E-state index in [0.29, 0.717) is 27.1 Å². The lowest BCUT2D eigenvalue weighted by molar-refractivity contribution is 0.0566. The predicted octanol–water partition coefficient (Wildman–Crippen LogP) is 2.83. The molecule has 0 spiro atoms. The first kappa shape index (κ1) is 12.0. The number of aromatic nitrogens is 2.